The molecule has 6 heteroatoms. The number of hydrogen-bond acceptors (Lipinski definition) is 5. The zero-order valence-electron chi connectivity index (χ0n) is 19.6. The van der Waals surface area contributed by atoms with Gasteiger partial charge < -0.3 is 10.2 Å². The topological polar surface area (TPSA) is 35.6 Å². The molecule has 3 aromatic rings. The number of piperazine rings is 1. The van der Waals surface area contributed by atoms with Gasteiger partial charge in [0.05, 0.1) is 10.9 Å². The highest BCUT2D eigenvalue weighted by Gasteiger charge is 2.31. The Morgan fingerprint density at radius 2 is 1.66 bits per heavy atom. The average molecular weight is 468 g/mol. The van der Waals surface area contributed by atoms with E-state index in [-0.39, 0.29) is 11.9 Å². The van der Waals surface area contributed by atoms with Gasteiger partial charge in [0.1, 0.15) is 5.00 Å². The summed E-state index contributed by atoms with van der Waals surface area (Å²) in [7, 11) is 2.19. The minimum Gasteiger partial charge on any atom is -0.313 e. The molecule has 0 aliphatic carbocycles. The molecule has 1 fully saturated rings. The number of carbonyl (C=O) groups is 1. The third-order valence-electron chi connectivity index (χ3n) is 6.50. The lowest BCUT2D eigenvalue weighted by molar-refractivity contribution is 0.103. The zero-order valence-corrected chi connectivity index (χ0v) is 21.3. The Hall–Kier alpha value is -1.99. The van der Waals surface area contributed by atoms with Crippen LogP contribution >= 0.6 is 22.7 Å². The first-order valence-corrected chi connectivity index (χ1v) is 13.0. The number of thiophene rings is 2. The molecule has 0 saturated carbocycles. The summed E-state index contributed by atoms with van der Waals surface area (Å²) in [4.78, 5) is 19.9. The number of hydrogen-bond donors (Lipinski definition) is 1. The van der Waals surface area contributed by atoms with E-state index in [9.17, 15) is 4.79 Å². The maximum atomic E-state index is 12.9. The van der Waals surface area contributed by atoms with Gasteiger partial charge >= 0.3 is 0 Å². The van der Waals surface area contributed by atoms with E-state index in [1.54, 1.807) is 11.3 Å². The van der Waals surface area contributed by atoms with E-state index in [1.807, 2.05) is 17.5 Å². The lowest BCUT2D eigenvalue weighted by atomic mass is 9.92. The summed E-state index contributed by atoms with van der Waals surface area (Å²) >= 11 is 3.18. The van der Waals surface area contributed by atoms with E-state index >= 15 is 0 Å². The lowest BCUT2D eigenvalue weighted by Crippen LogP contribution is -2.46. The SMILES string of the molecule is Cc1sc(NC(=O)c2cccs2)c([C@H](c2ccc(C(C)C)cc2)N2CCN(C)CC2)c1C. The molecule has 170 valence electrons. The van der Waals surface area contributed by atoms with Crippen molar-refractivity contribution in [2.24, 2.45) is 0 Å². The van der Waals surface area contributed by atoms with Crippen LogP contribution in [0.25, 0.3) is 0 Å². The fraction of sp³-hybridized carbons (Fsp3) is 0.423. The second-order valence-corrected chi connectivity index (χ2v) is 11.2. The second kappa shape index (κ2) is 9.87. The molecule has 0 unspecified atom stereocenters. The molecule has 4 rings (SSSR count). The van der Waals surface area contributed by atoms with Crippen molar-refractivity contribution in [2.45, 2.75) is 39.7 Å². The number of carbonyl (C=O) groups excluding carboxylic acids is 1. The van der Waals surface area contributed by atoms with Crippen LogP contribution in [0, 0.1) is 13.8 Å². The number of nitrogens with zero attached hydrogens (tertiary/aromatic N) is 2. The maximum Gasteiger partial charge on any atom is 0.266 e. The van der Waals surface area contributed by atoms with Gasteiger partial charge in [-0.3, -0.25) is 9.69 Å². The van der Waals surface area contributed by atoms with Crippen molar-refractivity contribution < 1.29 is 4.79 Å². The van der Waals surface area contributed by atoms with E-state index in [0.29, 0.717) is 5.92 Å². The third-order valence-corrected chi connectivity index (χ3v) is 8.51. The fourth-order valence-corrected chi connectivity index (χ4v) is 6.05. The summed E-state index contributed by atoms with van der Waals surface area (Å²) < 4.78 is 0. The Kier molecular flexibility index (Phi) is 7.15. The first-order valence-electron chi connectivity index (χ1n) is 11.3. The van der Waals surface area contributed by atoms with Crippen LogP contribution in [-0.2, 0) is 0 Å². The fourth-order valence-electron chi connectivity index (χ4n) is 4.34. The lowest BCUT2D eigenvalue weighted by Gasteiger charge is -2.39. The molecule has 0 bridgehead atoms. The maximum absolute atomic E-state index is 12.9. The summed E-state index contributed by atoms with van der Waals surface area (Å²) in [6.45, 7) is 13.0. The predicted molar refractivity (Wildman–Crippen MR) is 138 cm³/mol. The normalized spacial score (nSPS) is 16.4. The van der Waals surface area contributed by atoms with Crippen molar-refractivity contribution in [3.05, 3.63) is 73.8 Å². The molecule has 1 atom stereocenters. The molecular weight excluding hydrogens is 434 g/mol. The van der Waals surface area contributed by atoms with Crippen LogP contribution in [0.3, 0.4) is 0 Å². The van der Waals surface area contributed by atoms with Crippen LogP contribution in [0.2, 0.25) is 0 Å². The standard InChI is InChI=1S/C26H33N3OS2/c1-17(2)20-8-10-21(11-9-20)24(29-14-12-28(5)13-15-29)23-18(3)19(4)32-26(23)27-25(30)22-7-6-16-31-22/h6-11,16-17,24H,12-15H2,1-5H3,(H,27,30)/t24-/m0/s1. The minimum absolute atomic E-state index is 0.0187. The number of likely N-dealkylation sites (N-methyl/N-ethyl adjacent to an activating group) is 1. The van der Waals surface area contributed by atoms with Gasteiger partial charge in [0.25, 0.3) is 5.91 Å². The molecule has 1 saturated heterocycles. The van der Waals surface area contributed by atoms with Crippen molar-refractivity contribution in [3.8, 4) is 0 Å². The van der Waals surface area contributed by atoms with Gasteiger partial charge in [-0.25, -0.2) is 0 Å². The number of anilines is 1. The molecule has 2 aromatic heterocycles. The molecule has 4 nitrogen and oxygen atoms in total. The van der Waals surface area contributed by atoms with Gasteiger partial charge in [-0.2, -0.15) is 0 Å². The molecule has 32 heavy (non-hydrogen) atoms. The van der Waals surface area contributed by atoms with Crippen LogP contribution in [0.15, 0.2) is 41.8 Å². The third kappa shape index (κ3) is 4.84. The summed E-state index contributed by atoms with van der Waals surface area (Å²) in [6.07, 6.45) is 0. The molecule has 1 N–H and O–H groups in total. The largest absolute Gasteiger partial charge is 0.313 e. The van der Waals surface area contributed by atoms with Crippen LogP contribution in [0.1, 0.15) is 62.6 Å². The molecule has 3 heterocycles. The van der Waals surface area contributed by atoms with Crippen molar-refractivity contribution in [2.75, 3.05) is 38.5 Å². The Bertz CT molecular complexity index is 1050. The summed E-state index contributed by atoms with van der Waals surface area (Å²) in [5, 5.41) is 6.19. The quantitative estimate of drug-likeness (QED) is 0.473. The van der Waals surface area contributed by atoms with Crippen LogP contribution in [0.5, 0.6) is 0 Å². The summed E-state index contributed by atoms with van der Waals surface area (Å²) in [6, 6.07) is 13.0. The first kappa shape index (κ1) is 23.2. The molecule has 1 aliphatic rings. The van der Waals surface area contributed by atoms with Crippen molar-refractivity contribution >= 4 is 33.6 Å². The Morgan fingerprint density at radius 3 is 2.25 bits per heavy atom. The van der Waals surface area contributed by atoms with Crippen LogP contribution in [0.4, 0.5) is 5.00 Å². The van der Waals surface area contributed by atoms with E-state index in [4.69, 9.17) is 0 Å². The van der Waals surface area contributed by atoms with Crippen molar-refractivity contribution in [1.82, 2.24) is 9.80 Å². The Balaban J connectivity index is 1.76. The Labute approximate surface area is 199 Å². The number of benzene rings is 1. The number of amides is 1. The highest BCUT2D eigenvalue weighted by molar-refractivity contribution is 7.17. The van der Waals surface area contributed by atoms with Crippen LogP contribution < -0.4 is 5.32 Å². The molecular formula is C26H33N3OS2. The first-order chi connectivity index (χ1) is 15.3. The summed E-state index contributed by atoms with van der Waals surface area (Å²) in [5.41, 5.74) is 5.19. The number of nitrogens with one attached hydrogen (secondary N) is 1. The van der Waals surface area contributed by atoms with E-state index in [0.717, 1.165) is 36.1 Å². The van der Waals surface area contributed by atoms with Gasteiger partial charge in [0, 0.05) is 36.6 Å². The highest BCUT2D eigenvalue weighted by atomic mass is 32.1. The smallest absolute Gasteiger partial charge is 0.266 e. The zero-order chi connectivity index (χ0) is 22.8. The Morgan fingerprint density at radius 1 is 1.00 bits per heavy atom. The second-order valence-electron chi connectivity index (χ2n) is 9.02. The van der Waals surface area contributed by atoms with Gasteiger partial charge in [0.15, 0.2) is 0 Å². The molecule has 1 aliphatic heterocycles. The van der Waals surface area contributed by atoms with Crippen molar-refractivity contribution in [1.29, 1.82) is 0 Å². The average Bonchev–Trinajstić information content (AvgIpc) is 3.40. The number of rotatable bonds is 6. The van der Waals surface area contributed by atoms with Gasteiger partial charge in [-0.05, 0) is 54.9 Å². The van der Waals surface area contributed by atoms with E-state index in [2.05, 4.69) is 74.1 Å². The van der Waals surface area contributed by atoms with Crippen LogP contribution in [-0.4, -0.2) is 48.9 Å². The van der Waals surface area contributed by atoms with E-state index in [1.165, 1.54) is 38.5 Å². The molecule has 0 spiro atoms. The monoisotopic (exact) mass is 467 g/mol. The van der Waals surface area contributed by atoms with Gasteiger partial charge in [0.2, 0.25) is 0 Å². The molecule has 1 aromatic carbocycles. The van der Waals surface area contributed by atoms with E-state index < -0.39 is 0 Å². The van der Waals surface area contributed by atoms with Gasteiger partial charge in [-0.15, -0.1) is 22.7 Å². The molecule has 0 radical (unpaired) electrons. The molecule has 1 amide bonds. The highest BCUT2D eigenvalue weighted by Crippen LogP contribution is 2.43. The minimum atomic E-state index is -0.0187. The van der Waals surface area contributed by atoms with Gasteiger partial charge in [-0.1, -0.05) is 44.2 Å². The van der Waals surface area contributed by atoms with Crippen molar-refractivity contribution in [3.63, 3.8) is 0 Å². The predicted octanol–water partition coefficient (Wildman–Crippen LogP) is 6.14. The summed E-state index contributed by atoms with van der Waals surface area (Å²) in [5.74, 6) is 0.492. The number of aryl methyl sites for hydroxylation is 1.